The van der Waals surface area contributed by atoms with E-state index in [1.54, 1.807) is 0 Å². The van der Waals surface area contributed by atoms with Gasteiger partial charge in [-0.1, -0.05) is 0 Å². The van der Waals surface area contributed by atoms with Crippen molar-refractivity contribution in [1.29, 1.82) is 0 Å². The molecule has 0 atom stereocenters. The van der Waals surface area contributed by atoms with Gasteiger partial charge in [0.05, 0.1) is 6.17 Å². The van der Waals surface area contributed by atoms with Gasteiger partial charge in [-0.2, -0.15) is 0 Å². The van der Waals surface area contributed by atoms with Gasteiger partial charge in [0.25, 0.3) is 0 Å². The first-order valence-electron chi connectivity index (χ1n) is 3.34. The first-order valence-corrected chi connectivity index (χ1v) is 3.34. The van der Waals surface area contributed by atoms with Gasteiger partial charge in [0.1, 0.15) is 6.29 Å². The summed E-state index contributed by atoms with van der Waals surface area (Å²) in [5.74, 6) is 0. The van der Waals surface area contributed by atoms with Gasteiger partial charge in [-0.15, -0.1) is 0 Å². The zero-order chi connectivity index (χ0) is 6.53. The highest BCUT2D eigenvalue weighted by atomic mass is 16.1. The van der Waals surface area contributed by atoms with Gasteiger partial charge in [0.2, 0.25) is 0 Å². The minimum absolute atomic E-state index is 0.384. The van der Waals surface area contributed by atoms with Gasteiger partial charge in [-0.05, 0) is 6.42 Å². The molecule has 0 spiro atoms. The van der Waals surface area contributed by atoms with E-state index in [1.165, 1.54) is 0 Å². The molecule has 1 aliphatic heterocycles. The van der Waals surface area contributed by atoms with E-state index in [0.717, 1.165) is 25.8 Å². The van der Waals surface area contributed by atoms with E-state index in [2.05, 4.69) is 10.6 Å². The zero-order valence-corrected chi connectivity index (χ0v) is 5.39. The van der Waals surface area contributed by atoms with Crippen molar-refractivity contribution in [2.24, 2.45) is 0 Å². The van der Waals surface area contributed by atoms with Gasteiger partial charge in [-0.25, -0.2) is 0 Å². The minimum Gasteiger partial charge on any atom is -0.303 e. The van der Waals surface area contributed by atoms with Crippen LogP contribution >= 0.6 is 0 Å². The Hall–Kier alpha value is -0.410. The first-order chi connectivity index (χ1) is 4.43. The van der Waals surface area contributed by atoms with Crippen LogP contribution in [0.2, 0.25) is 0 Å². The molecule has 0 unspecified atom stereocenters. The second-order valence-corrected chi connectivity index (χ2v) is 2.20. The van der Waals surface area contributed by atoms with Crippen molar-refractivity contribution in [3.8, 4) is 0 Å². The summed E-state index contributed by atoms with van der Waals surface area (Å²) in [5, 5.41) is 6.44. The Labute approximate surface area is 54.8 Å². The lowest BCUT2D eigenvalue weighted by Crippen LogP contribution is -2.30. The SMILES string of the molecule is O=CCCC1NCCN1. The van der Waals surface area contributed by atoms with E-state index in [-0.39, 0.29) is 0 Å². The van der Waals surface area contributed by atoms with Crippen LogP contribution in [0.25, 0.3) is 0 Å². The van der Waals surface area contributed by atoms with Crippen molar-refractivity contribution < 1.29 is 4.79 Å². The molecule has 1 aliphatic rings. The second kappa shape index (κ2) is 3.58. The van der Waals surface area contributed by atoms with E-state index in [9.17, 15) is 4.79 Å². The largest absolute Gasteiger partial charge is 0.303 e. The first kappa shape index (κ1) is 6.71. The van der Waals surface area contributed by atoms with Crippen molar-refractivity contribution in [2.45, 2.75) is 19.0 Å². The molecule has 0 aliphatic carbocycles. The summed E-state index contributed by atoms with van der Waals surface area (Å²) in [7, 11) is 0. The lowest BCUT2D eigenvalue weighted by molar-refractivity contribution is -0.108. The fourth-order valence-corrected chi connectivity index (χ4v) is 1.00. The molecule has 3 nitrogen and oxygen atoms in total. The van der Waals surface area contributed by atoms with E-state index < -0.39 is 0 Å². The normalized spacial score (nSPS) is 20.4. The van der Waals surface area contributed by atoms with Crippen LogP contribution in [0.15, 0.2) is 0 Å². The molecule has 0 aromatic rings. The third-order valence-corrected chi connectivity index (χ3v) is 1.48. The van der Waals surface area contributed by atoms with E-state index in [0.29, 0.717) is 12.6 Å². The van der Waals surface area contributed by atoms with Crippen LogP contribution in [0.5, 0.6) is 0 Å². The molecular weight excluding hydrogens is 116 g/mol. The fourth-order valence-electron chi connectivity index (χ4n) is 1.00. The summed E-state index contributed by atoms with van der Waals surface area (Å²) in [5.41, 5.74) is 0. The van der Waals surface area contributed by atoms with Crippen LogP contribution in [0.3, 0.4) is 0 Å². The number of hydrogen-bond donors (Lipinski definition) is 2. The molecule has 52 valence electrons. The van der Waals surface area contributed by atoms with Crippen LogP contribution in [0.1, 0.15) is 12.8 Å². The highest BCUT2D eigenvalue weighted by Crippen LogP contribution is 1.93. The van der Waals surface area contributed by atoms with Crippen molar-refractivity contribution in [1.82, 2.24) is 10.6 Å². The molecule has 9 heavy (non-hydrogen) atoms. The Kier molecular flexibility index (Phi) is 2.67. The Morgan fingerprint density at radius 2 is 2.11 bits per heavy atom. The van der Waals surface area contributed by atoms with Crippen LogP contribution < -0.4 is 10.6 Å². The maximum Gasteiger partial charge on any atom is 0.120 e. The molecule has 1 heterocycles. The van der Waals surface area contributed by atoms with Crippen molar-refractivity contribution >= 4 is 6.29 Å². The zero-order valence-electron chi connectivity index (χ0n) is 5.39. The van der Waals surface area contributed by atoms with Gasteiger partial charge in [0, 0.05) is 19.5 Å². The Bertz CT molecular complexity index is 89.1. The van der Waals surface area contributed by atoms with Crippen LogP contribution in [0.4, 0.5) is 0 Å². The van der Waals surface area contributed by atoms with Crippen LogP contribution in [0, 0.1) is 0 Å². The van der Waals surface area contributed by atoms with Crippen LogP contribution in [-0.2, 0) is 4.79 Å². The summed E-state index contributed by atoms with van der Waals surface area (Å²) in [6.45, 7) is 2.06. The molecule has 3 heteroatoms. The van der Waals surface area contributed by atoms with Gasteiger partial charge in [0.15, 0.2) is 0 Å². The number of nitrogens with one attached hydrogen (secondary N) is 2. The minimum atomic E-state index is 0.384. The average Bonchev–Trinajstić information content (AvgIpc) is 2.34. The Balaban J connectivity index is 2.04. The standard InChI is InChI=1S/C6H12N2O/c9-5-1-2-6-7-3-4-8-6/h5-8H,1-4H2. The number of rotatable bonds is 3. The van der Waals surface area contributed by atoms with Gasteiger partial charge in [-0.3, -0.25) is 0 Å². The number of hydrogen-bond acceptors (Lipinski definition) is 3. The number of carbonyl (C=O) groups is 1. The van der Waals surface area contributed by atoms with Crippen molar-refractivity contribution in [2.75, 3.05) is 13.1 Å². The predicted molar refractivity (Wildman–Crippen MR) is 35.1 cm³/mol. The molecule has 1 rings (SSSR count). The lowest BCUT2D eigenvalue weighted by Gasteiger charge is -2.06. The molecular formula is C6H12N2O. The Morgan fingerprint density at radius 1 is 1.44 bits per heavy atom. The summed E-state index contributed by atoms with van der Waals surface area (Å²) in [6, 6.07) is 0. The number of aldehydes is 1. The smallest absolute Gasteiger partial charge is 0.120 e. The molecule has 1 fully saturated rings. The van der Waals surface area contributed by atoms with Crippen molar-refractivity contribution in [3.63, 3.8) is 0 Å². The molecule has 0 bridgehead atoms. The summed E-state index contributed by atoms with van der Waals surface area (Å²) in [4.78, 5) is 9.91. The second-order valence-electron chi connectivity index (χ2n) is 2.20. The summed E-state index contributed by atoms with van der Waals surface area (Å²) < 4.78 is 0. The molecule has 2 N–H and O–H groups in total. The van der Waals surface area contributed by atoms with Crippen molar-refractivity contribution in [3.05, 3.63) is 0 Å². The fraction of sp³-hybridized carbons (Fsp3) is 0.833. The maximum absolute atomic E-state index is 9.91. The van der Waals surface area contributed by atoms with Crippen LogP contribution in [-0.4, -0.2) is 25.5 Å². The molecule has 0 saturated carbocycles. The van der Waals surface area contributed by atoms with Gasteiger partial charge < -0.3 is 15.4 Å². The molecule has 0 amide bonds. The van der Waals surface area contributed by atoms with E-state index in [1.807, 2.05) is 0 Å². The predicted octanol–water partition coefficient (Wildman–Crippen LogP) is -0.516. The monoisotopic (exact) mass is 128 g/mol. The Morgan fingerprint density at radius 3 is 2.67 bits per heavy atom. The highest BCUT2D eigenvalue weighted by molar-refractivity contribution is 5.49. The van der Waals surface area contributed by atoms with E-state index >= 15 is 0 Å². The lowest BCUT2D eigenvalue weighted by atomic mass is 10.3. The topological polar surface area (TPSA) is 41.1 Å². The molecule has 1 saturated heterocycles. The third-order valence-electron chi connectivity index (χ3n) is 1.48. The average molecular weight is 128 g/mol. The molecule has 0 radical (unpaired) electrons. The molecule has 0 aromatic heterocycles. The quantitative estimate of drug-likeness (QED) is 0.503. The van der Waals surface area contributed by atoms with E-state index in [4.69, 9.17) is 0 Å². The summed E-state index contributed by atoms with van der Waals surface area (Å²) in [6.07, 6.45) is 2.92. The number of carbonyl (C=O) groups excluding carboxylic acids is 1. The molecule has 0 aromatic carbocycles. The third kappa shape index (κ3) is 2.11. The van der Waals surface area contributed by atoms with Gasteiger partial charge >= 0.3 is 0 Å². The highest BCUT2D eigenvalue weighted by Gasteiger charge is 2.10. The maximum atomic E-state index is 9.91. The summed E-state index contributed by atoms with van der Waals surface area (Å²) >= 11 is 0.